The second kappa shape index (κ2) is 10.1. The van der Waals surface area contributed by atoms with Crippen molar-refractivity contribution in [2.45, 2.75) is 51.9 Å². The molecule has 2 nitrogen and oxygen atoms in total. The highest BCUT2D eigenvalue weighted by atomic mass is 35.5. The van der Waals surface area contributed by atoms with Gasteiger partial charge in [-0.25, -0.2) is 4.79 Å². The summed E-state index contributed by atoms with van der Waals surface area (Å²) in [5.41, 5.74) is 0.374. The van der Waals surface area contributed by atoms with Crippen LogP contribution in [0.25, 0.3) is 0 Å². The van der Waals surface area contributed by atoms with Gasteiger partial charge in [-0.2, -0.15) is 0 Å². The number of carbonyl (C=O) groups excluding carboxylic acids is 1. The molecule has 0 spiro atoms. The molecule has 0 radical (unpaired) electrons. The van der Waals surface area contributed by atoms with Gasteiger partial charge in [-0.15, -0.1) is 0 Å². The summed E-state index contributed by atoms with van der Waals surface area (Å²) >= 11 is 11.7. The highest BCUT2D eigenvalue weighted by Crippen LogP contribution is 2.21. The van der Waals surface area contributed by atoms with E-state index in [0.29, 0.717) is 22.2 Å². The molecule has 0 saturated carbocycles. The van der Waals surface area contributed by atoms with Crippen LogP contribution in [0.1, 0.15) is 62.2 Å². The molecule has 20 heavy (non-hydrogen) atoms. The Kier molecular flexibility index (Phi) is 8.72. The van der Waals surface area contributed by atoms with Crippen LogP contribution in [0.3, 0.4) is 0 Å². The molecule has 0 heterocycles. The van der Waals surface area contributed by atoms with Gasteiger partial charge in [-0.05, 0) is 24.6 Å². The Morgan fingerprint density at radius 2 is 1.70 bits per heavy atom. The van der Waals surface area contributed by atoms with E-state index in [4.69, 9.17) is 27.9 Å². The van der Waals surface area contributed by atoms with Gasteiger partial charge in [0.2, 0.25) is 0 Å². The molecular weight excluding hydrogens is 295 g/mol. The number of esters is 1. The second-order valence-corrected chi connectivity index (χ2v) is 5.73. The standard InChI is InChI=1S/C16H22Cl2O2/c1-2-3-4-5-6-7-8-11-20-16(19)14-10-9-13(17)12-15(14)18/h9-10,12H,2-8,11H2,1H3. The zero-order valence-corrected chi connectivity index (χ0v) is 13.5. The first kappa shape index (κ1) is 17.3. The van der Waals surface area contributed by atoms with E-state index < -0.39 is 0 Å². The maximum absolute atomic E-state index is 11.8. The Balaban J connectivity index is 2.17. The van der Waals surface area contributed by atoms with Crippen LogP contribution in [-0.4, -0.2) is 12.6 Å². The molecule has 4 heteroatoms. The number of halogens is 2. The van der Waals surface area contributed by atoms with E-state index in [2.05, 4.69) is 6.92 Å². The first-order chi connectivity index (χ1) is 9.65. The summed E-state index contributed by atoms with van der Waals surface area (Å²) in [5.74, 6) is -0.377. The second-order valence-electron chi connectivity index (χ2n) is 4.88. The molecule has 0 aromatic heterocycles. The number of carbonyl (C=O) groups is 1. The summed E-state index contributed by atoms with van der Waals surface area (Å²) < 4.78 is 5.21. The first-order valence-electron chi connectivity index (χ1n) is 7.27. The largest absolute Gasteiger partial charge is 0.462 e. The molecule has 0 saturated heterocycles. The summed E-state index contributed by atoms with van der Waals surface area (Å²) in [4.78, 5) is 11.8. The number of unbranched alkanes of at least 4 members (excludes halogenated alkanes) is 6. The summed E-state index contributed by atoms with van der Waals surface area (Å²) in [6.45, 7) is 2.66. The van der Waals surface area contributed by atoms with Crippen molar-refractivity contribution in [3.05, 3.63) is 33.8 Å². The van der Waals surface area contributed by atoms with Gasteiger partial charge >= 0.3 is 5.97 Å². The maximum atomic E-state index is 11.8. The van der Waals surface area contributed by atoms with Crippen LogP contribution in [-0.2, 0) is 4.74 Å². The molecule has 0 N–H and O–H groups in total. The van der Waals surface area contributed by atoms with Gasteiger partial charge in [-0.1, -0.05) is 68.7 Å². The molecule has 1 rings (SSSR count). The highest BCUT2D eigenvalue weighted by Gasteiger charge is 2.11. The third-order valence-corrected chi connectivity index (χ3v) is 3.68. The average Bonchev–Trinajstić information content (AvgIpc) is 2.41. The van der Waals surface area contributed by atoms with E-state index in [-0.39, 0.29) is 5.97 Å². The molecule has 0 amide bonds. The van der Waals surface area contributed by atoms with Crippen LogP contribution in [0, 0.1) is 0 Å². The van der Waals surface area contributed by atoms with Crippen LogP contribution in [0.4, 0.5) is 0 Å². The van der Waals surface area contributed by atoms with Crippen molar-refractivity contribution in [3.63, 3.8) is 0 Å². The minimum atomic E-state index is -0.377. The van der Waals surface area contributed by atoms with Gasteiger partial charge in [0.1, 0.15) is 0 Å². The zero-order valence-electron chi connectivity index (χ0n) is 12.0. The van der Waals surface area contributed by atoms with Crippen LogP contribution >= 0.6 is 23.2 Å². The smallest absolute Gasteiger partial charge is 0.339 e. The molecule has 1 aromatic carbocycles. The van der Waals surface area contributed by atoms with Gasteiger partial charge in [0, 0.05) is 5.02 Å². The number of ether oxygens (including phenoxy) is 1. The minimum Gasteiger partial charge on any atom is -0.462 e. The quantitative estimate of drug-likeness (QED) is 0.418. The average molecular weight is 317 g/mol. The summed E-state index contributed by atoms with van der Waals surface area (Å²) in [5, 5.41) is 0.848. The fourth-order valence-corrected chi connectivity index (χ4v) is 2.44. The van der Waals surface area contributed by atoms with Crippen molar-refractivity contribution in [1.29, 1.82) is 0 Å². The first-order valence-corrected chi connectivity index (χ1v) is 8.03. The molecule has 0 fully saturated rings. The lowest BCUT2D eigenvalue weighted by Gasteiger charge is -2.06. The van der Waals surface area contributed by atoms with Gasteiger partial charge < -0.3 is 4.74 Å². The topological polar surface area (TPSA) is 26.3 Å². The molecule has 112 valence electrons. The molecule has 0 bridgehead atoms. The molecule has 0 aliphatic carbocycles. The van der Waals surface area contributed by atoms with E-state index >= 15 is 0 Å². The van der Waals surface area contributed by atoms with Crippen LogP contribution < -0.4 is 0 Å². The normalized spacial score (nSPS) is 10.6. The predicted molar refractivity (Wildman–Crippen MR) is 84.7 cm³/mol. The van der Waals surface area contributed by atoms with Crippen molar-refractivity contribution >= 4 is 29.2 Å². The molecular formula is C16H22Cl2O2. The predicted octanol–water partition coefficient (Wildman–Crippen LogP) is 5.90. The van der Waals surface area contributed by atoms with Gasteiger partial charge in [-0.3, -0.25) is 0 Å². The van der Waals surface area contributed by atoms with Crippen LogP contribution in [0.15, 0.2) is 18.2 Å². The maximum Gasteiger partial charge on any atom is 0.339 e. The van der Waals surface area contributed by atoms with Crippen molar-refractivity contribution < 1.29 is 9.53 Å². The van der Waals surface area contributed by atoms with E-state index in [1.807, 2.05) is 0 Å². The summed E-state index contributed by atoms with van der Waals surface area (Å²) in [6.07, 6.45) is 8.36. The van der Waals surface area contributed by atoms with Crippen molar-refractivity contribution in [2.24, 2.45) is 0 Å². The van der Waals surface area contributed by atoms with Gasteiger partial charge in [0.25, 0.3) is 0 Å². The Hall–Kier alpha value is -0.730. The lowest BCUT2D eigenvalue weighted by molar-refractivity contribution is 0.0498. The molecule has 0 aliphatic rings. The van der Waals surface area contributed by atoms with Crippen LogP contribution in [0.2, 0.25) is 10.0 Å². The van der Waals surface area contributed by atoms with Crippen molar-refractivity contribution in [3.8, 4) is 0 Å². The van der Waals surface area contributed by atoms with Crippen LogP contribution in [0.5, 0.6) is 0 Å². The van der Waals surface area contributed by atoms with Crippen molar-refractivity contribution in [1.82, 2.24) is 0 Å². The number of benzene rings is 1. The van der Waals surface area contributed by atoms with E-state index in [9.17, 15) is 4.79 Å². The SMILES string of the molecule is CCCCCCCCCOC(=O)c1ccc(Cl)cc1Cl. The van der Waals surface area contributed by atoms with E-state index in [1.165, 1.54) is 32.1 Å². The molecule has 1 aromatic rings. The van der Waals surface area contributed by atoms with Crippen molar-refractivity contribution in [2.75, 3.05) is 6.61 Å². The number of hydrogen-bond acceptors (Lipinski definition) is 2. The Labute approximate surface area is 131 Å². The lowest BCUT2D eigenvalue weighted by atomic mass is 10.1. The fraction of sp³-hybridized carbons (Fsp3) is 0.562. The Morgan fingerprint density at radius 1 is 1.05 bits per heavy atom. The summed E-state index contributed by atoms with van der Waals surface area (Å²) in [7, 11) is 0. The van der Waals surface area contributed by atoms with Gasteiger partial charge in [0.15, 0.2) is 0 Å². The molecule has 0 aliphatic heterocycles. The monoisotopic (exact) mass is 316 g/mol. The lowest BCUT2D eigenvalue weighted by Crippen LogP contribution is -2.07. The van der Waals surface area contributed by atoms with E-state index in [0.717, 1.165) is 12.8 Å². The third-order valence-electron chi connectivity index (χ3n) is 3.13. The Bertz CT molecular complexity index is 419. The molecule has 0 unspecified atom stereocenters. The highest BCUT2D eigenvalue weighted by molar-refractivity contribution is 6.36. The molecule has 0 atom stereocenters. The zero-order chi connectivity index (χ0) is 14.8. The third kappa shape index (κ3) is 6.62. The number of hydrogen-bond donors (Lipinski definition) is 0. The summed E-state index contributed by atoms with van der Waals surface area (Å²) in [6, 6.07) is 4.78. The van der Waals surface area contributed by atoms with Gasteiger partial charge in [0.05, 0.1) is 17.2 Å². The minimum absolute atomic E-state index is 0.335. The van der Waals surface area contributed by atoms with E-state index in [1.54, 1.807) is 18.2 Å². The fourth-order valence-electron chi connectivity index (χ4n) is 1.96. The number of rotatable bonds is 9. The Morgan fingerprint density at radius 3 is 2.35 bits per heavy atom.